The molecule has 2 aliphatic heterocycles. The van der Waals surface area contributed by atoms with Crippen molar-refractivity contribution in [3.05, 3.63) is 34.9 Å². The molecule has 0 bridgehead atoms. The number of hydrogen-bond acceptors (Lipinski definition) is 4. The lowest BCUT2D eigenvalue weighted by Crippen LogP contribution is -2.40. The van der Waals surface area contributed by atoms with Gasteiger partial charge in [0, 0.05) is 18.7 Å². The van der Waals surface area contributed by atoms with Crippen LogP contribution in [-0.4, -0.2) is 28.7 Å². The Morgan fingerprint density at radius 1 is 1.32 bits per heavy atom. The van der Waals surface area contributed by atoms with Gasteiger partial charge in [-0.3, -0.25) is 19.7 Å². The van der Waals surface area contributed by atoms with E-state index in [9.17, 15) is 14.4 Å². The van der Waals surface area contributed by atoms with Crippen LogP contribution in [0.4, 0.5) is 0 Å². The molecule has 6 heteroatoms. The minimum absolute atomic E-state index is 0.0382. The van der Waals surface area contributed by atoms with E-state index >= 15 is 0 Å². The first kappa shape index (κ1) is 11.9. The number of carbonyl (C=O) groups is 3. The first-order valence-corrected chi connectivity index (χ1v) is 6.07. The van der Waals surface area contributed by atoms with Crippen molar-refractivity contribution in [3.8, 4) is 0 Å². The third kappa shape index (κ3) is 1.72. The van der Waals surface area contributed by atoms with E-state index in [4.69, 9.17) is 5.73 Å². The van der Waals surface area contributed by atoms with Crippen molar-refractivity contribution in [3.63, 3.8) is 0 Å². The van der Waals surface area contributed by atoms with Crippen LogP contribution in [0, 0.1) is 0 Å². The standard InChI is InChI=1S/C13H13N3O3/c14-5-7-2-1-3-8-6-16(13(19)11(7)8)9-4-10(17)15-12(9)18/h1-3,9H,4-6,14H2,(H,15,17,18). The summed E-state index contributed by atoms with van der Waals surface area (Å²) in [6, 6.07) is 4.80. The fraction of sp³-hybridized carbons (Fsp3) is 0.308. The van der Waals surface area contributed by atoms with E-state index in [1.807, 2.05) is 12.1 Å². The topological polar surface area (TPSA) is 92.5 Å². The Morgan fingerprint density at radius 2 is 2.11 bits per heavy atom. The molecule has 2 heterocycles. The van der Waals surface area contributed by atoms with Crippen LogP contribution in [-0.2, 0) is 22.7 Å². The Labute approximate surface area is 109 Å². The van der Waals surface area contributed by atoms with Crippen LogP contribution in [0.15, 0.2) is 18.2 Å². The van der Waals surface area contributed by atoms with Crippen LogP contribution < -0.4 is 11.1 Å². The van der Waals surface area contributed by atoms with E-state index in [2.05, 4.69) is 5.32 Å². The number of fused-ring (bicyclic) bond motifs is 1. The van der Waals surface area contributed by atoms with Crippen molar-refractivity contribution in [2.75, 3.05) is 0 Å². The highest BCUT2D eigenvalue weighted by atomic mass is 16.2. The van der Waals surface area contributed by atoms with Crippen molar-refractivity contribution >= 4 is 17.7 Å². The third-order valence-electron chi connectivity index (χ3n) is 3.59. The Morgan fingerprint density at radius 3 is 2.74 bits per heavy atom. The Hall–Kier alpha value is -2.21. The maximum Gasteiger partial charge on any atom is 0.255 e. The highest BCUT2D eigenvalue weighted by molar-refractivity contribution is 6.09. The minimum atomic E-state index is -0.696. The van der Waals surface area contributed by atoms with Crippen molar-refractivity contribution < 1.29 is 14.4 Å². The molecule has 1 saturated heterocycles. The van der Waals surface area contributed by atoms with Crippen molar-refractivity contribution in [2.24, 2.45) is 5.73 Å². The largest absolute Gasteiger partial charge is 0.326 e. The van der Waals surface area contributed by atoms with Crippen LogP contribution in [0.2, 0.25) is 0 Å². The molecule has 1 aromatic carbocycles. The summed E-state index contributed by atoms with van der Waals surface area (Å²) >= 11 is 0. The molecule has 1 atom stereocenters. The smallest absolute Gasteiger partial charge is 0.255 e. The number of imide groups is 1. The van der Waals surface area contributed by atoms with Gasteiger partial charge < -0.3 is 10.6 Å². The normalized spacial score (nSPS) is 21.8. The zero-order chi connectivity index (χ0) is 13.6. The van der Waals surface area contributed by atoms with Gasteiger partial charge in [0.25, 0.3) is 5.91 Å². The summed E-state index contributed by atoms with van der Waals surface area (Å²) in [5, 5.41) is 2.22. The molecule has 0 spiro atoms. The number of nitrogens with two attached hydrogens (primary N) is 1. The second-order valence-electron chi connectivity index (χ2n) is 4.72. The van der Waals surface area contributed by atoms with Gasteiger partial charge in [0.2, 0.25) is 11.8 Å². The van der Waals surface area contributed by atoms with Gasteiger partial charge in [-0.05, 0) is 11.1 Å². The molecule has 3 rings (SSSR count). The Kier molecular flexibility index (Phi) is 2.60. The summed E-state index contributed by atoms with van der Waals surface area (Å²) in [4.78, 5) is 36.7. The Balaban J connectivity index is 1.96. The van der Waals surface area contributed by atoms with Crippen LogP contribution in [0.1, 0.15) is 27.9 Å². The van der Waals surface area contributed by atoms with Crippen LogP contribution in [0.5, 0.6) is 0 Å². The Bertz CT molecular complexity index is 597. The van der Waals surface area contributed by atoms with E-state index in [-0.39, 0.29) is 24.8 Å². The van der Waals surface area contributed by atoms with E-state index in [1.54, 1.807) is 6.07 Å². The van der Waals surface area contributed by atoms with Gasteiger partial charge >= 0.3 is 0 Å². The van der Waals surface area contributed by atoms with Crippen molar-refractivity contribution in [2.45, 2.75) is 25.6 Å². The van der Waals surface area contributed by atoms with Crippen LogP contribution >= 0.6 is 0 Å². The average molecular weight is 259 g/mol. The fourth-order valence-electron chi connectivity index (χ4n) is 2.67. The van der Waals surface area contributed by atoms with Gasteiger partial charge in [0.1, 0.15) is 6.04 Å². The summed E-state index contributed by atoms with van der Waals surface area (Å²) in [7, 11) is 0. The molecular weight excluding hydrogens is 246 g/mol. The molecule has 1 unspecified atom stereocenters. The maximum atomic E-state index is 12.4. The number of carbonyl (C=O) groups excluding carboxylic acids is 3. The summed E-state index contributed by atoms with van der Waals surface area (Å²) in [5.41, 5.74) is 7.84. The van der Waals surface area contributed by atoms with Gasteiger partial charge in [-0.25, -0.2) is 0 Å². The molecule has 1 fully saturated rings. The molecule has 2 aliphatic rings. The van der Waals surface area contributed by atoms with Gasteiger partial charge in [-0.1, -0.05) is 18.2 Å². The highest BCUT2D eigenvalue weighted by Gasteiger charge is 2.42. The predicted octanol–water partition coefficient (Wildman–Crippen LogP) is -0.484. The second-order valence-corrected chi connectivity index (χ2v) is 4.72. The summed E-state index contributed by atoms with van der Waals surface area (Å²) in [6.45, 7) is 0.631. The lowest BCUT2D eigenvalue weighted by Gasteiger charge is -2.20. The van der Waals surface area contributed by atoms with E-state index < -0.39 is 11.9 Å². The molecule has 0 saturated carbocycles. The first-order valence-electron chi connectivity index (χ1n) is 6.07. The van der Waals surface area contributed by atoms with E-state index in [1.165, 1.54) is 4.90 Å². The number of amides is 3. The summed E-state index contributed by atoms with van der Waals surface area (Å²) < 4.78 is 0. The summed E-state index contributed by atoms with van der Waals surface area (Å²) in [6.07, 6.45) is 0.0382. The molecular formula is C13H13N3O3. The average Bonchev–Trinajstić information content (AvgIpc) is 2.89. The molecule has 0 aromatic heterocycles. The van der Waals surface area contributed by atoms with Gasteiger partial charge in [-0.15, -0.1) is 0 Å². The molecule has 1 aromatic rings. The predicted molar refractivity (Wildman–Crippen MR) is 65.8 cm³/mol. The zero-order valence-corrected chi connectivity index (χ0v) is 10.2. The fourth-order valence-corrected chi connectivity index (χ4v) is 2.67. The quantitative estimate of drug-likeness (QED) is 0.701. The lowest BCUT2D eigenvalue weighted by molar-refractivity contribution is -0.126. The highest BCUT2D eigenvalue weighted by Crippen LogP contribution is 2.29. The number of nitrogens with zero attached hydrogens (tertiary/aromatic N) is 1. The van der Waals surface area contributed by atoms with Crippen LogP contribution in [0.3, 0.4) is 0 Å². The third-order valence-corrected chi connectivity index (χ3v) is 3.59. The molecule has 3 amide bonds. The molecule has 19 heavy (non-hydrogen) atoms. The van der Waals surface area contributed by atoms with Crippen molar-refractivity contribution in [1.29, 1.82) is 0 Å². The number of hydrogen-bond donors (Lipinski definition) is 2. The van der Waals surface area contributed by atoms with Gasteiger partial charge in [0.15, 0.2) is 0 Å². The van der Waals surface area contributed by atoms with Crippen molar-refractivity contribution in [1.82, 2.24) is 10.2 Å². The molecule has 3 N–H and O–H groups in total. The van der Waals surface area contributed by atoms with Gasteiger partial charge in [-0.2, -0.15) is 0 Å². The summed E-state index contributed by atoms with van der Waals surface area (Å²) in [5.74, 6) is -0.954. The molecule has 0 radical (unpaired) electrons. The first-order chi connectivity index (χ1) is 9.11. The molecule has 0 aliphatic carbocycles. The lowest BCUT2D eigenvalue weighted by atomic mass is 10.0. The number of nitrogens with one attached hydrogen (secondary N) is 1. The number of benzene rings is 1. The van der Waals surface area contributed by atoms with Gasteiger partial charge in [0.05, 0.1) is 6.42 Å². The van der Waals surface area contributed by atoms with Crippen LogP contribution in [0.25, 0.3) is 0 Å². The molecule has 6 nitrogen and oxygen atoms in total. The molecule has 98 valence electrons. The second kappa shape index (κ2) is 4.17. The van der Waals surface area contributed by atoms with E-state index in [0.717, 1.165) is 11.1 Å². The zero-order valence-electron chi connectivity index (χ0n) is 10.2. The SMILES string of the molecule is NCc1cccc2c1C(=O)N(C1CC(=O)NC1=O)C2. The minimum Gasteiger partial charge on any atom is -0.326 e. The monoisotopic (exact) mass is 259 g/mol. The number of rotatable bonds is 2. The van der Waals surface area contributed by atoms with E-state index in [0.29, 0.717) is 12.1 Å². The maximum absolute atomic E-state index is 12.4.